The lowest BCUT2D eigenvalue weighted by atomic mass is 10.1. The molecular formula is C15H26N2S2. The molecule has 2 heterocycles. The normalized spacial score (nSPS) is 27.6. The zero-order chi connectivity index (χ0) is 13.6. The van der Waals surface area contributed by atoms with Crippen LogP contribution in [-0.2, 0) is 6.54 Å². The molecule has 0 aromatic carbocycles. The molecule has 2 unspecified atom stereocenters. The molecule has 2 nitrogen and oxygen atoms in total. The molecule has 1 aromatic rings. The molecule has 0 aliphatic carbocycles. The van der Waals surface area contributed by atoms with Crippen molar-refractivity contribution >= 4 is 23.5 Å². The number of hydrogen-bond donors (Lipinski definition) is 0. The first-order chi connectivity index (χ1) is 9.24. The number of rotatable bonds is 7. The van der Waals surface area contributed by atoms with Gasteiger partial charge in [-0.3, -0.25) is 0 Å². The molecule has 1 aromatic heterocycles. The van der Waals surface area contributed by atoms with Crippen LogP contribution >= 0.6 is 23.5 Å². The third-order valence-electron chi connectivity index (χ3n) is 3.70. The van der Waals surface area contributed by atoms with E-state index in [0.717, 1.165) is 11.8 Å². The van der Waals surface area contributed by atoms with Gasteiger partial charge in [0.05, 0.1) is 10.4 Å². The molecule has 0 radical (unpaired) electrons. The van der Waals surface area contributed by atoms with Crippen molar-refractivity contribution in [2.45, 2.75) is 68.2 Å². The Morgan fingerprint density at radius 1 is 1.37 bits per heavy atom. The van der Waals surface area contributed by atoms with Crippen LogP contribution in [0.25, 0.3) is 0 Å². The Balaban J connectivity index is 1.95. The summed E-state index contributed by atoms with van der Waals surface area (Å²) in [4.78, 5) is 4.19. The lowest BCUT2D eigenvalue weighted by Gasteiger charge is -2.39. The standard InChI is InChI=1S/C15H26N2S2/c1-3-4-5-6-8-15(12-17-10-9-16-13-17)18-11-7-14(2)19-15/h9-10,13-14H,3-8,11-12H2,1-2H3. The second-order valence-electron chi connectivity index (χ2n) is 5.52. The molecular weight excluding hydrogens is 272 g/mol. The number of aromatic nitrogens is 2. The second-order valence-corrected chi connectivity index (χ2v) is 9.08. The minimum atomic E-state index is 0.381. The fourth-order valence-corrected chi connectivity index (χ4v) is 6.63. The van der Waals surface area contributed by atoms with Crippen LogP contribution in [0, 0.1) is 0 Å². The topological polar surface area (TPSA) is 17.8 Å². The van der Waals surface area contributed by atoms with Crippen molar-refractivity contribution in [3.63, 3.8) is 0 Å². The van der Waals surface area contributed by atoms with E-state index < -0.39 is 0 Å². The Kier molecular flexibility index (Phi) is 6.14. The average molecular weight is 299 g/mol. The Morgan fingerprint density at radius 3 is 2.95 bits per heavy atom. The first-order valence-electron chi connectivity index (χ1n) is 7.51. The highest BCUT2D eigenvalue weighted by molar-refractivity contribution is 8.19. The molecule has 1 fully saturated rings. The van der Waals surface area contributed by atoms with E-state index in [1.165, 1.54) is 44.3 Å². The largest absolute Gasteiger partial charge is 0.335 e. The summed E-state index contributed by atoms with van der Waals surface area (Å²) in [5.41, 5.74) is 0. The number of imidazole rings is 1. The monoisotopic (exact) mass is 298 g/mol. The number of hydrogen-bond acceptors (Lipinski definition) is 3. The van der Waals surface area contributed by atoms with E-state index in [-0.39, 0.29) is 0 Å². The molecule has 1 aliphatic heterocycles. The summed E-state index contributed by atoms with van der Waals surface area (Å²) in [6, 6.07) is 0. The second kappa shape index (κ2) is 7.63. The van der Waals surface area contributed by atoms with Gasteiger partial charge in [-0.1, -0.05) is 39.5 Å². The molecule has 0 saturated carbocycles. The maximum absolute atomic E-state index is 4.19. The van der Waals surface area contributed by atoms with Crippen molar-refractivity contribution in [3.8, 4) is 0 Å². The zero-order valence-corrected chi connectivity index (χ0v) is 13.8. The molecule has 0 N–H and O–H groups in total. The van der Waals surface area contributed by atoms with Gasteiger partial charge >= 0.3 is 0 Å². The number of thioether (sulfide) groups is 2. The van der Waals surface area contributed by atoms with Gasteiger partial charge in [0, 0.05) is 24.2 Å². The molecule has 19 heavy (non-hydrogen) atoms. The SMILES string of the molecule is CCCCCCC1(Cn2ccnc2)SCCC(C)S1. The van der Waals surface area contributed by atoms with Crippen LogP contribution in [0.3, 0.4) is 0 Å². The summed E-state index contributed by atoms with van der Waals surface area (Å²) < 4.78 is 2.64. The minimum absolute atomic E-state index is 0.381. The quantitative estimate of drug-likeness (QED) is 0.673. The van der Waals surface area contributed by atoms with Crippen molar-refractivity contribution in [2.24, 2.45) is 0 Å². The molecule has 2 rings (SSSR count). The Labute approximate surface area is 126 Å². The van der Waals surface area contributed by atoms with E-state index in [1.54, 1.807) is 0 Å². The smallest absolute Gasteiger partial charge is 0.0946 e. The summed E-state index contributed by atoms with van der Waals surface area (Å²) in [5.74, 6) is 1.32. The highest BCUT2D eigenvalue weighted by Gasteiger charge is 2.36. The first kappa shape index (κ1) is 15.3. The molecule has 2 atom stereocenters. The third kappa shape index (κ3) is 4.75. The molecule has 1 aliphatic rings. The summed E-state index contributed by atoms with van der Waals surface area (Å²) >= 11 is 4.39. The van der Waals surface area contributed by atoms with Gasteiger partial charge in [0.2, 0.25) is 0 Å². The zero-order valence-electron chi connectivity index (χ0n) is 12.2. The van der Waals surface area contributed by atoms with E-state index >= 15 is 0 Å². The Morgan fingerprint density at radius 2 is 2.26 bits per heavy atom. The number of nitrogens with zero attached hydrogens (tertiary/aromatic N) is 2. The first-order valence-corrected chi connectivity index (χ1v) is 9.38. The lowest BCUT2D eigenvalue weighted by Crippen LogP contribution is -2.33. The van der Waals surface area contributed by atoms with Crippen molar-refractivity contribution in [2.75, 3.05) is 5.75 Å². The maximum atomic E-state index is 4.19. The van der Waals surface area contributed by atoms with E-state index in [0.29, 0.717) is 4.08 Å². The highest BCUT2D eigenvalue weighted by Crippen LogP contribution is 2.49. The maximum Gasteiger partial charge on any atom is 0.0946 e. The summed E-state index contributed by atoms with van der Waals surface area (Å²) in [7, 11) is 0. The van der Waals surface area contributed by atoms with Gasteiger partial charge in [-0.2, -0.15) is 0 Å². The predicted octanol–water partition coefficient (Wildman–Crippen LogP) is 4.81. The Hall–Kier alpha value is -0.0900. The molecule has 0 spiro atoms. The van der Waals surface area contributed by atoms with Gasteiger partial charge < -0.3 is 4.57 Å². The van der Waals surface area contributed by atoms with Crippen molar-refractivity contribution in [3.05, 3.63) is 18.7 Å². The van der Waals surface area contributed by atoms with Crippen LogP contribution in [0.15, 0.2) is 18.7 Å². The van der Waals surface area contributed by atoms with E-state index in [1.807, 2.05) is 12.5 Å². The summed E-state index contributed by atoms with van der Waals surface area (Å²) in [6.07, 6.45) is 14.1. The van der Waals surface area contributed by atoms with Crippen LogP contribution in [0.5, 0.6) is 0 Å². The average Bonchev–Trinajstić information content (AvgIpc) is 2.87. The van der Waals surface area contributed by atoms with E-state index in [2.05, 4.69) is 53.1 Å². The van der Waals surface area contributed by atoms with E-state index in [9.17, 15) is 0 Å². The van der Waals surface area contributed by atoms with Crippen LogP contribution in [0.1, 0.15) is 52.4 Å². The summed E-state index contributed by atoms with van der Waals surface area (Å²) in [6.45, 7) is 5.78. The molecule has 0 bridgehead atoms. The van der Waals surface area contributed by atoms with Gasteiger partial charge in [0.25, 0.3) is 0 Å². The van der Waals surface area contributed by atoms with Gasteiger partial charge in [0.1, 0.15) is 0 Å². The summed E-state index contributed by atoms with van der Waals surface area (Å²) in [5, 5.41) is 0.802. The number of unbranched alkanes of at least 4 members (excludes halogenated alkanes) is 3. The minimum Gasteiger partial charge on any atom is -0.335 e. The fraction of sp³-hybridized carbons (Fsp3) is 0.800. The Bertz CT molecular complexity index is 353. The molecule has 4 heteroatoms. The van der Waals surface area contributed by atoms with Crippen LogP contribution in [-0.4, -0.2) is 24.6 Å². The van der Waals surface area contributed by atoms with Gasteiger partial charge in [0.15, 0.2) is 0 Å². The molecule has 1 saturated heterocycles. The predicted molar refractivity (Wildman–Crippen MR) is 87.8 cm³/mol. The van der Waals surface area contributed by atoms with Crippen LogP contribution in [0.4, 0.5) is 0 Å². The van der Waals surface area contributed by atoms with Gasteiger partial charge in [-0.05, 0) is 18.6 Å². The third-order valence-corrected chi connectivity index (χ3v) is 7.04. The molecule has 0 amide bonds. The highest BCUT2D eigenvalue weighted by atomic mass is 32.2. The fourth-order valence-electron chi connectivity index (χ4n) is 2.64. The molecule has 108 valence electrons. The van der Waals surface area contributed by atoms with Gasteiger partial charge in [-0.25, -0.2) is 4.98 Å². The van der Waals surface area contributed by atoms with Crippen molar-refractivity contribution in [1.29, 1.82) is 0 Å². The lowest BCUT2D eigenvalue weighted by molar-refractivity contribution is 0.538. The van der Waals surface area contributed by atoms with Gasteiger partial charge in [-0.15, -0.1) is 23.5 Å². The van der Waals surface area contributed by atoms with Crippen LogP contribution in [0.2, 0.25) is 0 Å². The van der Waals surface area contributed by atoms with Crippen LogP contribution < -0.4 is 0 Å². The van der Waals surface area contributed by atoms with Crippen molar-refractivity contribution < 1.29 is 0 Å². The van der Waals surface area contributed by atoms with Crippen molar-refractivity contribution in [1.82, 2.24) is 9.55 Å². The van der Waals surface area contributed by atoms with E-state index in [4.69, 9.17) is 0 Å².